The Bertz CT molecular complexity index is 897. The van der Waals surface area contributed by atoms with Gasteiger partial charge >= 0.3 is 10.8 Å². The first kappa shape index (κ1) is 15.3. The first-order valence-electron chi connectivity index (χ1n) is 7.05. The van der Waals surface area contributed by atoms with Crippen molar-refractivity contribution in [2.75, 3.05) is 7.11 Å². The average molecular weight is 329 g/mol. The Labute approximate surface area is 136 Å². The molecule has 0 N–H and O–H groups in total. The van der Waals surface area contributed by atoms with Gasteiger partial charge in [0.05, 0.1) is 17.3 Å². The predicted molar refractivity (Wildman–Crippen MR) is 88.9 cm³/mol. The summed E-state index contributed by atoms with van der Waals surface area (Å²) in [4.78, 5) is 23.9. The lowest BCUT2D eigenvalue weighted by molar-refractivity contribution is -0.145. The number of ether oxygens (including phenoxy) is 2. The molecule has 0 aliphatic heterocycles. The summed E-state index contributed by atoms with van der Waals surface area (Å²) in [5, 5.41) is 0. The second-order valence-electron chi connectivity index (χ2n) is 4.89. The zero-order valence-electron chi connectivity index (χ0n) is 12.5. The van der Waals surface area contributed by atoms with Gasteiger partial charge in [-0.1, -0.05) is 41.7 Å². The summed E-state index contributed by atoms with van der Waals surface area (Å²) >= 11 is 1.12. The third-order valence-corrected chi connectivity index (χ3v) is 4.40. The van der Waals surface area contributed by atoms with Gasteiger partial charge in [-0.05, 0) is 18.2 Å². The minimum atomic E-state index is -0.457. The second kappa shape index (κ2) is 6.66. The van der Waals surface area contributed by atoms with Crippen molar-refractivity contribution in [3.05, 3.63) is 63.8 Å². The van der Waals surface area contributed by atoms with E-state index in [4.69, 9.17) is 9.47 Å². The number of carbonyl (C=O) groups excluding carboxylic acids is 1. The van der Waals surface area contributed by atoms with E-state index in [9.17, 15) is 9.59 Å². The third kappa shape index (κ3) is 3.27. The summed E-state index contributed by atoms with van der Waals surface area (Å²) < 4.78 is 12.8. The number of fused-ring (bicyclic) bond motifs is 1. The number of hydrogen-bond acceptors (Lipinski definition) is 5. The number of hydrogen-bond donors (Lipinski definition) is 0. The van der Waals surface area contributed by atoms with Crippen LogP contribution in [-0.2, 0) is 22.7 Å². The van der Waals surface area contributed by atoms with Gasteiger partial charge < -0.3 is 9.47 Å². The highest BCUT2D eigenvalue weighted by atomic mass is 32.1. The summed E-state index contributed by atoms with van der Waals surface area (Å²) in [6, 6.07) is 14.7. The highest BCUT2D eigenvalue weighted by molar-refractivity contribution is 7.16. The van der Waals surface area contributed by atoms with Gasteiger partial charge in [0.2, 0.25) is 0 Å². The van der Waals surface area contributed by atoms with Gasteiger partial charge in [0.15, 0.2) is 0 Å². The van der Waals surface area contributed by atoms with E-state index in [1.165, 1.54) is 4.57 Å². The van der Waals surface area contributed by atoms with Crippen molar-refractivity contribution in [3.63, 3.8) is 0 Å². The molecule has 0 aliphatic carbocycles. The van der Waals surface area contributed by atoms with Gasteiger partial charge in [-0.2, -0.15) is 0 Å². The molecule has 0 spiro atoms. The SMILES string of the molecule is COc1ccccc1COC(=O)Cn1c(=O)sc2ccccc21. The van der Waals surface area contributed by atoms with Crippen LogP contribution in [0.4, 0.5) is 0 Å². The number of aromatic nitrogens is 1. The van der Waals surface area contributed by atoms with E-state index in [1.807, 2.05) is 42.5 Å². The molecule has 0 saturated carbocycles. The molecular weight excluding hydrogens is 314 g/mol. The minimum Gasteiger partial charge on any atom is -0.496 e. The summed E-state index contributed by atoms with van der Waals surface area (Å²) in [5.74, 6) is 0.208. The third-order valence-electron chi connectivity index (χ3n) is 3.44. The zero-order chi connectivity index (χ0) is 16.2. The van der Waals surface area contributed by atoms with Crippen LogP contribution in [0.2, 0.25) is 0 Å². The van der Waals surface area contributed by atoms with Crippen molar-refractivity contribution in [2.24, 2.45) is 0 Å². The molecule has 3 aromatic rings. The van der Waals surface area contributed by atoms with E-state index in [0.717, 1.165) is 27.1 Å². The first-order chi connectivity index (χ1) is 11.2. The molecule has 0 bridgehead atoms. The molecule has 0 amide bonds. The number of benzene rings is 2. The Morgan fingerprint density at radius 2 is 1.87 bits per heavy atom. The summed E-state index contributed by atoms with van der Waals surface area (Å²) in [7, 11) is 1.57. The van der Waals surface area contributed by atoms with Crippen LogP contribution in [0.5, 0.6) is 5.75 Å². The minimum absolute atomic E-state index is 0.0992. The van der Waals surface area contributed by atoms with Gasteiger partial charge in [0.1, 0.15) is 18.9 Å². The quantitative estimate of drug-likeness (QED) is 0.676. The molecule has 5 nitrogen and oxygen atoms in total. The van der Waals surface area contributed by atoms with Crippen molar-refractivity contribution < 1.29 is 14.3 Å². The lowest BCUT2D eigenvalue weighted by Gasteiger charge is -2.09. The smallest absolute Gasteiger partial charge is 0.326 e. The van der Waals surface area contributed by atoms with Crippen LogP contribution >= 0.6 is 11.3 Å². The van der Waals surface area contributed by atoms with E-state index in [1.54, 1.807) is 13.2 Å². The number of nitrogens with zero attached hydrogens (tertiary/aromatic N) is 1. The Morgan fingerprint density at radius 1 is 1.13 bits per heavy atom. The molecule has 0 fully saturated rings. The van der Waals surface area contributed by atoms with Crippen molar-refractivity contribution in [1.82, 2.24) is 4.57 Å². The van der Waals surface area contributed by atoms with Crippen LogP contribution in [0.3, 0.4) is 0 Å². The van der Waals surface area contributed by atoms with Crippen molar-refractivity contribution in [3.8, 4) is 5.75 Å². The van der Waals surface area contributed by atoms with Crippen molar-refractivity contribution >= 4 is 27.5 Å². The maximum atomic E-state index is 12.1. The van der Waals surface area contributed by atoms with Gasteiger partial charge in [-0.3, -0.25) is 14.2 Å². The lowest BCUT2D eigenvalue weighted by Crippen LogP contribution is -2.20. The maximum absolute atomic E-state index is 12.1. The highest BCUT2D eigenvalue weighted by Gasteiger charge is 2.12. The first-order valence-corrected chi connectivity index (χ1v) is 7.86. The standard InChI is InChI=1S/C17H15NO4S/c1-21-14-8-4-2-6-12(14)11-22-16(19)10-18-13-7-3-5-9-15(13)23-17(18)20/h2-9H,10-11H2,1H3. The fourth-order valence-electron chi connectivity index (χ4n) is 2.32. The van der Waals surface area contributed by atoms with Crippen molar-refractivity contribution in [2.45, 2.75) is 13.2 Å². The zero-order valence-corrected chi connectivity index (χ0v) is 13.3. The monoisotopic (exact) mass is 329 g/mol. The Hall–Kier alpha value is -2.60. The number of esters is 1. The summed E-state index contributed by atoms with van der Waals surface area (Å²) in [5.41, 5.74) is 1.53. The van der Waals surface area contributed by atoms with Gasteiger partial charge in [0.25, 0.3) is 0 Å². The van der Waals surface area contributed by atoms with Gasteiger partial charge in [-0.15, -0.1) is 0 Å². The Kier molecular flexibility index (Phi) is 4.43. The predicted octanol–water partition coefficient (Wildman–Crippen LogP) is 2.82. The number of thiazole rings is 1. The largest absolute Gasteiger partial charge is 0.496 e. The Balaban J connectivity index is 1.72. The van der Waals surface area contributed by atoms with E-state index in [-0.39, 0.29) is 18.0 Å². The lowest BCUT2D eigenvalue weighted by atomic mass is 10.2. The van der Waals surface area contributed by atoms with Gasteiger partial charge in [0, 0.05) is 5.56 Å². The topological polar surface area (TPSA) is 57.5 Å². The molecule has 23 heavy (non-hydrogen) atoms. The number of rotatable bonds is 5. The van der Waals surface area contributed by atoms with Gasteiger partial charge in [-0.25, -0.2) is 0 Å². The number of carbonyl (C=O) groups is 1. The molecule has 0 atom stereocenters. The molecule has 118 valence electrons. The van der Waals surface area contributed by atoms with Crippen LogP contribution in [-0.4, -0.2) is 17.6 Å². The molecule has 0 aliphatic rings. The van der Waals surface area contributed by atoms with Crippen LogP contribution in [0.25, 0.3) is 10.2 Å². The van der Waals surface area contributed by atoms with E-state index in [0.29, 0.717) is 5.75 Å². The molecule has 1 heterocycles. The molecule has 3 rings (SSSR count). The molecule has 0 unspecified atom stereocenters. The normalized spacial score (nSPS) is 10.7. The molecule has 0 saturated heterocycles. The number of para-hydroxylation sites is 2. The van der Waals surface area contributed by atoms with Crippen LogP contribution in [0.15, 0.2) is 53.3 Å². The Morgan fingerprint density at radius 3 is 2.70 bits per heavy atom. The molecule has 0 radical (unpaired) electrons. The average Bonchev–Trinajstić information content (AvgIpc) is 2.89. The molecule has 2 aromatic carbocycles. The maximum Gasteiger partial charge on any atom is 0.326 e. The summed E-state index contributed by atoms with van der Waals surface area (Å²) in [6.45, 7) is 0.0116. The van der Waals surface area contributed by atoms with Crippen LogP contribution < -0.4 is 9.61 Å². The van der Waals surface area contributed by atoms with Crippen molar-refractivity contribution in [1.29, 1.82) is 0 Å². The fourth-order valence-corrected chi connectivity index (χ4v) is 3.21. The fraction of sp³-hybridized carbons (Fsp3) is 0.176. The second-order valence-corrected chi connectivity index (χ2v) is 5.89. The molecule has 6 heteroatoms. The van der Waals surface area contributed by atoms with Crippen LogP contribution in [0.1, 0.15) is 5.56 Å². The van der Waals surface area contributed by atoms with E-state index in [2.05, 4.69) is 0 Å². The molecular formula is C17H15NO4S. The van der Waals surface area contributed by atoms with E-state index >= 15 is 0 Å². The highest BCUT2D eigenvalue weighted by Crippen LogP contribution is 2.19. The van der Waals surface area contributed by atoms with E-state index < -0.39 is 5.97 Å². The summed E-state index contributed by atoms with van der Waals surface area (Å²) in [6.07, 6.45) is 0. The number of methoxy groups -OCH3 is 1. The van der Waals surface area contributed by atoms with Crippen LogP contribution in [0, 0.1) is 0 Å². The molecule has 1 aromatic heterocycles.